The van der Waals surface area contributed by atoms with Gasteiger partial charge in [-0.25, -0.2) is 0 Å². The smallest absolute Gasteiger partial charge is 0.226 e. The highest BCUT2D eigenvalue weighted by atomic mass is 16.5. The molecular formula is C18H27NO2. The number of benzene rings is 1. The highest BCUT2D eigenvalue weighted by molar-refractivity contribution is 5.78. The maximum atomic E-state index is 12.3. The number of carbonyl (C=O) groups is 1. The van der Waals surface area contributed by atoms with Crippen LogP contribution >= 0.6 is 0 Å². The highest BCUT2D eigenvalue weighted by Crippen LogP contribution is 2.19. The van der Waals surface area contributed by atoms with Crippen molar-refractivity contribution < 1.29 is 9.53 Å². The van der Waals surface area contributed by atoms with Crippen LogP contribution in [0.3, 0.4) is 0 Å². The van der Waals surface area contributed by atoms with E-state index in [9.17, 15) is 4.79 Å². The van der Waals surface area contributed by atoms with Gasteiger partial charge < -0.3 is 9.64 Å². The summed E-state index contributed by atoms with van der Waals surface area (Å²) >= 11 is 0. The van der Waals surface area contributed by atoms with E-state index in [-0.39, 0.29) is 11.5 Å². The molecule has 3 nitrogen and oxygen atoms in total. The van der Waals surface area contributed by atoms with E-state index in [0.717, 1.165) is 37.2 Å². The minimum Gasteiger partial charge on any atom is -0.488 e. The van der Waals surface area contributed by atoms with Crippen LogP contribution in [-0.2, 0) is 11.2 Å². The average molecular weight is 289 g/mol. The van der Waals surface area contributed by atoms with Crippen molar-refractivity contribution in [3.63, 3.8) is 0 Å². The lowest BCUT2D eigenvalue weighted by atomic mass is 10.1. The Morgan fingerprint density at radius 1 is 1.05 bits per heavy atom. The number of hydrogen-bond acceptors (Lipinski definition) is 2. The summed E-state index contributed by atoms with van der Waals surface area (Å²) in [7, 11) is 0. The molecule has 0 radical (unpaired) electrons. The van der Waals surface area contributed by atoms with Gasteiger partial charge in [0.05, 0.1) is 6.42 Å². The van der Waals surface area contributed by atoms with E-state index in [1.807, 2.05) is 49.9 Å². The van der Waals surface area contributed by atoms with Gasteiger partial charge in [0.1, 0.15) is 11.4 Å². The Hall–Kier alpha value is -1.51. The highest BCUT2D eigenvalue weighted by Gasteiger charge is 2.16. The minimum absolute atomic E-state index is 0.191. The maximum absolute atomic E-state index is 12.3. The summed E-state index contributed by atoms with van der Waals surface area (Å²) in [6.45, 7) is 7.94. The third-order valence-corrected chi connectivity index (χ3v) is 3.66. The molecule has 0 unspecified atom stereocenters. The van der Waals surface area contributed by atoms with Crippen molar-refractivity contribution in [3.8, 4) is 5.75 Å². The number of rotatable bonds is 3. The van der Waals surface area contributed by atoms with Gasteiger partial charge in [-0.2, -0.15) is 0 Å². The van der Waals surface area contributed by atoms with Crippen LogP contribution in [0.5, 0.6) is 5.75 Å². The standard InChI is InChI=1S/C18H27NO2/c1-18(2,3)21-16-10-8-15(9-11-16)14-17(20)19-12-6-4-5-7-13-19/h8-11H,4-7,12-14H2,1-3H3. The predicted molar refractivity (Wildman–Crippen MR) is 85.6 cm³/mol. The molecule has 0 aliphatic carbocycles. The van der Waals surface area contributed by atoms with Crippen LogP contribution in [0.1, 0.15) is 52.0 Å². The van der Waals surface area contributed by atoms with Crippen molar-refractivity contribution in [1.29, 1.82) is 0 Å². The number of hydrogen-bond donors (Lipinski definition) is 0. The molecule has 1 fully saturated rings. The van der Waals surface area contributed by atoms with E-state index in [0.29, 0.717) is 6.42 Å². The van der Waals surface area contributed by atoms with Crippen LogP contribution < -0.4 is 4.74 Å². The summed E-state index contributed by atoms with van der Waals surface area (Å²) in [5, 5.41) is 0. The Bertz CT molecular complexity index is 451. The SMILES string of the molecule is CC(C)(C)Oc1ccc(CC(=O)N2CCCCCC2)cc1. The second-order valence-corrected chi connectivity index (χ2v) is 6.83. The van der Waals surface area contributed by atoms with E-state index in [2.05, 4.69) is 0 Å². The first kappa shape index (κ1) is 15.9. The predicted octanol–water partition coefficient (Wildman–Crippen LogP) is 3.81. The Balaban J connectivity index is 1.91. The molecule has 0 atom stereocenters. The summed E-state index contributed by atoms with van der Waals surface area (Å²) in [4.78, 5) is 14.3. The fourth-order valence-corrected chi connectivity index (χ4v) is 2.64. The summed E-state index contributed by atoms with van der Waals surface area (Å²) in [6, 6.07) is 7.90. The molecule has 1 aliphatic heterocycles. The van der Waals surface area contributed by atoms with Crippen LogP contribution in [0.4, 0.5) is 0 Å². The van der Waals surface area contributed by atoms with Gasteiger partial charge in [0.15, 0.2) is 0 Å². The van der Waals surface area contributed by atoms with Gasteiger partial charge in [-0.15, -0.1) is 0 Å². The quantitative estimate of drug-likeness (QED) is 0.847. The molecular weight excluding hydrogens is 262 g/mol. The Morgan fingerprint density at radius 2 is 1.62 bits per heavy atom. The summed E-state index contributed by atoms with van der Waals surface area (Å²) < 4.78 is 5.80. The van der Waals surface area contributed by atoms with E-state index in [1.54, 1.807) is 0 Å². The first-order valence-electron chi connectivity index (χ1n) is 8.00. The van der Waals surface area contributed by atoms with Crippen LogP contribution in [0.2, 0.25) is 0 Å². The molecule has 0 saturated carbocycles. The van der Waals surface area contributed by atoms with Gasteiger partial charge in [0, 0.05) is 13.1 Å². The molecule has 0 aromatic heterocycles. The molecule has 116 valence electrons. The van der Waals surface area contributed by atoms with Crippen LogP contribution in [0.15, 0.2) is 24.3 Å². The van der Waals surface area contributed by atoms with Gasteiger partial charge in [0.2, 0.25) is 5.91 Å². The van der Waals surface area contributed by atoms with Crippen molar-refractivity contribution in [3.05, 3.63) is 29.8 Å². The molecule has 2 rings (SSSR count). The Kier molecular flexibility index (Phi) is 5.27. The van der Waals surface area contributed by atoms with Crippen molar-refractivity contribution in [2.75, 3.05) is 13.1 Å². The zero-order chi connectivity index (χ0) is 15.3. The summed E-state index contributed by atoms with van der Waals surface area (Å²) in [5.74, 6) is 1.11. The van der Waals surface area contributed by atoms with E-state index >= 15 is 0 Å². The normalized spacial score (nSPS) is 16.4. The topological polar surface area (TPSA) is 29.5 Å². The summed E-state index contributed by atoms with van der Waals surface area (Å²) in [6.07, 6.45) is 5.29. The molecule has 1 heterocycles. The molecule has 0 bridgehead atoms. The fraction of sp³-hybridized carbons (Fsp3) is 0.611. The molecule has 1 aliphatic rings. The first-order valence-corrected chi connectivity index (χ1v) is 8.00. The van der Waals surface area contributed by atoms with Gasteiger partial charge >= 0.3 is 0 Å². The van der Waals surface area contributed by atoms with Gasteiger partial charge in [0.25, 0.3) is 0 Å². The van der Waals surface area contributed by atoms with Gasteiger partial charge in [-0.1, -0.05) is 25.0 Å². The summed E-state index contributed by atoms with van der Waals surface area (Å²) in [5.41, 5.74) is 0.870. The van der Waals surface area contributed by atoms with E-state index < -0.39 is 0 Å². The zero-order valence-corrected chi connectivity index (χ0v) is 13.5. The maximum Gasteiger partial charge on any atom is 0.226 e. The Morgan fingerprint density at radius 3 is 2.14 bits per heavy atom. The van der Waals surface area contributed by atoms with Crippen molar-refractivity contribution >= 4 is 5.91 Å². The zero-order valence-electron chi connectivity index (χ0n) is 13.5. The average Bonchev–Trinajstić information content (AvgIpc) is 2.68. The van der Waals surface area contributed by atoms with Gasteiger partial charge in [-0.05, 0) is 51.3 Å². The fourth-order valence-electron chi connectivity index (χ4n) is 2.64. The van der Waals surface area contributed by atoms with E-state index in [4.69, 9.17) is 4.74 Å². The number of nitrogens with zero attached hydrogens (tertiary/aromatic N) is 1. The lowest BCUT2D eigenvalue weighted by molar-refractivity contribution is -0.130. The number of likely N-dealkylation sites (tertiary alicyclic amines) is 1. The molecule has 1 saturated heterocycles. The van der Waals surface area contributed by atoms with Gasteiger partial charge in [-0.3, -0.25) is 4.79 Å². The van der Waals surface area contributed by atoms with Crippen molar-refractivity contribution in [2.45, 2.75) is 58.5 Å². The Labute approximate surface area is 128 Å². The minimum atomic E-state index is -0.191. The largest absolute Gasteiger partial charge is 0.488 e. The first-order chi connectivity index (χ1) is 9.94. The number of ether oxygens (including phenoxy) is 1. The molecule has 0 spiro atoms. The monoisotopic (exact) mass is 289 g/mol. The molecule has 3 heteroatoms. The van der Waals surface area contributed by atoms with Crippen molar-refractivity contribution in [2.24, 2.45) is 0 Å². The van der Waals surface area contributed by atoms with Crippen LogP contribution in [-0.4, -0.2) is 29.5 Å². The molecule has 0 N–H and O–H groups in total. The second kappa shape index (κ2) is 6.97. The third kappa shape index (κ3) is 5.41. The molecule has 1 aromatic carbocycles. The van der Waals surface area contributed by atoms with E-state index in [1.165, 1.54) is 12.8 Å². The van der Waals surface area contributed by atoms with Crippen molar-refractivity contribution in [1.82, 2.24) is 4.90 Å². The third-order valence-electron chi connectivity index (χ3n) is 3.66. The van der Waals surface area contributed by atoms with Crippen LogP contribution in [0.25, 0.3) is 0 Å². The van der Waals surface area contributed by atoms with Crippen LogP contribution in [0, 0.1) is 0 Å². The second-order valence-electron chi connectivity index (χ2n) is 6.83. The molecule has 21 heavy (non-hydrogen) atoms. The lowest BCUT2D eigenvalue weighted by Crippen LogP contribution is -2.33. The molecule has 1 amide bonds. The number of amides is 1. The number of carbonyl (C=O) groups excluding carboxylic acids is 1. The molecule has 1 aromatic rings. The lowest BCUT2D eigenvalue weighted by Gasteiger charge is -2.22.